The van der Waals surface area contributed by atoms with Crippen molar-refractivity contribution in [3.8, 4) is 0 Å². The Balaban J connectivity index is 4.12. The molecule has 0 aliphatic carbocycles. The predicted octanol–water partition coefficient (Wildman–Crippen LogP) is 2.59. The van der Waals surface area contributed by atoms with Gasteiger partial charge in [-0.05, 0) is 35.9 Å². The molecule has 0 aromatic rings. The van der Waals surface area contributed by atoms with Crippen LogP contribution in [0.3, 0.4) is 0 Å². The van der Waals surface area contributed by atoms with Gasteiger partial charge in [0.05, 0.1) is 0 Å². The van der Waals surface area contributed by atoms with Gasteiger partial charge in [-0.15, -0.1) is 0 Å². The van der Waals surface area contributed by atoms with Crippen LogP contribution in [-0.4, -0.2) is 12.2 Å². The smallest absolute Gasteiger partial charge is 0.405 e. The van der Waals surface area contributed by atoms with E-state index in [0.29, 0.717) is 0 Å². The first-order chi connectivity index (χ1) is 5.61. The molecule has 0 heterocycles. The van der Waals surface area contributed by atoms with Gasteiger partial charge < -0.3 is 10.5 Å². The first-order valence-corrected chi connectivity index (χ1v) is 4.97. The molecule has 0 fully saturated rings. The molecule has 0 aromatic heterocycles. The number of primary amides is 1. The number of halogens is 1. The highest BCUT2D eigenvalue weighted by molar-refractivity contribution is 14.1. The molecule has 0 aromatic carbocycles. The Morgan fingerprint density at radius 3 is 2.67 bits per heavy atom. The van der Waals surface area contributed by atoms with Crippen LogP contribution in [0.2, 0.25) is 0 Å². The summed E-state index contributed by atoms with van der Waals surface area (Å²) in [5, 5.41) is 0. The molecule has 3 nitrogen and oxygen atoms in total. The van der Waals surface area contributed by atoms with E-state index in [1.807, 2.05) is 19.9 Å². The Morgan fingerprint density at radius 2 is 2.33 bits per heavy atom. The van der Waals surface area contributed by atoms with Crippen LogP contribution in [0.4, 0.5) is 4.79 Å². The molecule has 0 aliphatic rings. The zero-order chi connectivity index (χ0) is 9.56. The van der Waals surface area contributed by atoms with E-state index in [9.17, 15) is 4.79 Å². The summed E-state index contributed by atoms with van der Waals surface area (Å²) < 4.78 is 5.93. The van der Waals surface area contributed by atoms with Gasteiger partial charge in [-0.3, -0.25) is 0 Å². The Labute approximate surface area is 86.5 Å². The number of amides is 1. The molecule has 4 heteroatoms. The zero-order valence-corrected chi connectivity index (χ0v) is 9.50. The summed E-state index contributed by atoms with van der Waals surface area (Å²) >= 11 is 2.15. The van der Waals surface area contributed by atoms with Crippen molar-refractivity contribution in [1.29, 1.82) is 0 Å². The normalized spacial score (nSPS) is 14.1. The SMILES string of the molecule is CC=C(I)C(CCC)OC(N)=O. The monoisotopic (exact) mass is 283 g/mol. The summed E-state index contributed by atoms with van der Waals surface area (Å²) in [4.78, 5) is 10.5. The highest BCUT2D eigenvalue weighted by Gasteiger charge is 2.13. The average Bonchev–Trinajstić information content (AvgIpc) is 2.01. The standard InChI is InChI=1S/C8H14INO2/c1-3-5-7(6(9)4-2)12-8(10)11/h4,7H,3,5H2,1-2H3,(H2,10,11). The Bertz CT molecular complexity index is 180. The van der Waals surface area contributed by atoms with E-state index in [1.54, 1.807) is 0 Å². The molecule has 0 saturated carbocycles. The Hall–Kier alpha value is -0.260. The lowest BCUT2D eigenvalue weighted by molar-refractivity contribution is 0.124. The quantitative estimate of drug-likeness (QED) is 0.806. The van der Waals surface area contributed by atoms with Crippen molar-refractivity contribution in [3.63, 3.8) is 0 Å². The third-order valence-corrected chi connectivity index (χ3v) is 2.71. The van der Waals surface area contributed by atoms with Gasteiger partial charge >= 0.3 is 6.09 Å². The van der Waals surface area contributed by atoms with Gasteiger partial charge in [0.2, 0.25) is 0 Å². The van der Waals surface area contributed by atoms with E-state index in [4.69, 9.17) is 10.5 Å². The van der Waals surface area contributed by atoms with Crippen molar-refractivity contribution in [2.45, 2.75) is 32.8 Å². The number of ether oxygens (including phenoxy) is 1. The maximum atomic E-state index is 10.5. The maximum absolute atomic E-state index is 10.5. The molecule has 0 rings (SSSR count). The summed E-state index contributed by atoms with van der Waals surface area (Å²) in [5.41, 5.74) is 4.92. The van der Waals surface area contributed by atoms with Crippen LogP contribution in [0.25, 0.3) is 0 Å². The van der Waals surface area contributed by atoms with Crippen LogP contribution in [0.1, 0.15) is 26.7 Å². The first kappa shape index (κ1) is 11.7. The molecular weight excluding hydrogens is 269 g/mol. The summed E-state index contributed by atoms with van der Waals surface area (Å²) in [6.07, 6.45) is 2.86. The fraction of sp³-hybridized carbons (Fsp3) is 0.625. The van der Waals surface area contributed by atoms with Crippen LogP contribution < -0.4 is 5.73 Å². The van der Waals surface area contributed by atoms with E-state index in [-0.39, 0.29) is 6.10 Å². The summed E-state index contributed by atoms with van der Waals surface area (Å²) in [6, 6.07) is 0. The number of nitrogens with two attached hydrogens (primary N) is 1. The molecule has 1 amide bonds. The van der Waals surface area contributed by atoms with Gasteiger partial charge in [-0.1, -0.05) is 19.4 Å². The van der Waals surface area contributed by atoms with Gasteiger partial charge in [0, 0.05) is 3.58 Å². The third kappa shape index (κ3) is 4.58. The zero-order valence-electron chi connectivity index (χ0n) is 7.34. The molecule has 1 atom stereocenters. The molecule has 0 saturated heterocycles. The number of allylic oxidation sites excluding steroid dienone is 1. The van der Waals surface area contributed by atoms with Crippen molar-refractivity contribution in [1.82, 2.24) is 0 Å². The molecule has 0 radical (unpaired) electrons. The number of hydrogen-bond acceptors (Lipinski definition) is 2. The van der Waals surface area contributed by atoms with Gasteiger partial charge in [0.15, 0.2) is 0 Å². The minimum Gasteiger partial charge on any atom is -0.441 e. The van der Waals surface area contributed by atoms with Gasteiger partial charge in [-0.2, -0.15) is 0 Å². The first-order valence-electron chi connectivity index (χ1n) is 3.89. The van der Waals surface area contributed by atoms with Crippen molar-refractivity contribution >= 4 is 28.7 Å². The summed E-state index contributed by atoms with van der Waals surface area (Å²) in [5.74, 6) is 0. The van der Waals surface area contributed by atoms with Crippen molar-refractivity contribution in [2.24, 2.45) is 5.73 Å². The van der Waals surface area contributed by atoms with E-state index >= 15 is 0 Å². The second-order valence-corrected chi connectivity index (χ2v) is 3.63. The minimum absolute atomic E-state index is 0.155. The van der Waals surface area contributed by atoms with Crippen molar-refractivity contribution in [2.75, 3.05) is 0 Å². The molecular formula is C8H14INO2. The van der Waals surface area contributed by atoms with E-state index < -0.39 is 6.09 Å². The third-order valence-electron chi connectivity index (χ3n) is 1.39. The highest BCUT2D eigenvalue weighted by atomic mass is 127. The lowest BCUT2D eigenvalue weighted by atomic mass is 10.2. The topological polar surface area (TPSA) is 52.3 Å². The second-order valence-electron chi connectivity index (χ2n) is 2.39. The van der Waals surface area contributed by atoms with Gasteiger partial charge in [-0.25, -0.2) is 4.79 Å². The van der Waals surface area contributed by atoms with E-state index in [1.165, 1.54) is 0 Å². The predicted molar refractivity (Wildman–Crippen MR) is 57.1 cm³/mol. The molecule has 2 N–H and O–H groups in total. The van der Waals surface area contributed by atoms with Gasteiger partial charge in [0.1, 0.15) is 6.10 Å². The summed E-state index contributed by atoms with van der Waals surface area (Å²) in [7, 11) is 0. The molecule has 1 unspecified atom stereocenters. The largest absolute Gasteiger partial charge is 0.441 e. The number of hydrogen-bond donors (Lipinski definition) is 1. The van der Waals surface area contributed by atoms with Crippen LogP contribution >= 0.6 is 22.6 Å². The number of carbonyl (C=O) groups is 1. The van der Waals surface area contributed by atoms with Crippen molar-refractivity contribution in [3.05, 3.63) is 9.66 Å². The maximum Gasteiger partial charge on any atom is 0.405 e. The minimum atomic E-state index is -0.704. The molecule has 0 spiro atoms. The van der Waals surface area contributed by atoms with E-state index in [2.05, 4.69) is 22.6 Å². The molecule has 70 valence electrons. The molecule has 12 heavy (non-hydrogen) atoms. The van der Waals surface area contributed by atoms with Crippen LogP contribution in [0.15, 0.2) is 9.66 Å². The van der Waals surface area contributed by atoms with E-state index in [0.717, 1.165) is 16.4 Å². The van der Waals surface area contributed by atoms with Gasteiger partial charge in [0.25, 0.3) is 0 Å². The van der Waals surface area contributed by atoms with Crippen LogP contribution in [0, 0.1) is 0 Å². The molecule has 0 bridgehead atoms. The lowest BCUT2D eigenvalue weighted by Gasteiger charge is -2.14. The fourth-order valence-electron chi connectivity index (χ4n) is 0.841. The number of carbonyl (C=O) groups excluding carboxylic acids is 1. The molecule has 0 aliphatic heterocycles. The lowest BCUT2D eigenvalue weighted by Crippen LogP contribution is -2.22. The fourth-order valence-corrected chi connectivity index (χ4v) is 1.28. The summed E-state index contributed by atoms with van der Waals surface area (Å²) in [6.45, 7) is 3.95. The van der Waals surface area contributed by atoms with Crippen LogP contribution in [0.5, 0.6) is 0 Å². The Kier molecular flexibility index (Phi) is 6.14. The van der Waals surface area contributed by atoms with Crippen LogP contribution in [-0.2, 0) is 4.74 Å². The average molecular weight is 283 g/mol. The number of rotatable bonds is 4. The highest BCUT2D eigenvalue weighted by Crippen LogP contribution is 2.19. The van der Waals surface area contributed by atoms with Crippen molar-refractivity contribution < 1.29 is 9.53 Å². The second kappa shape index (κ2) is 6.28. The Morgan fingerprint density at radius 1 is 1.75 bits per heavy atom.